The Kier molecular flexibility index (Phi) is 2.03. The van der Waals surface area contributed by atoms with Crippen LogP contribution in [-0.4, -0.2) is 24.1 Å². The van der Waals surface area contributed by atoms with Gasteiger partial charge in [-0.3, -0.25) is 4.98 Å². The van der Waals surface area contributed by atoms with Crippen molar-refractivity contribution in [1.82, 2.24) is 10.3 Å². The normalized spacial score (nSPS) is 16.3. The molecule has 0 unspecified atom stereocenters. The lowest BCUT2D eigenvalue weighted by Gasteiger charge is -2.29. The standard InChI is InChI=1S/C12H13N3/c1-4-11-10(3-2-6-14-11)12(5-1)15-9-7-13-8-9/h1-6,9,13,15H,7-8H2. The third-order valence-corrected chi connectivity index (χ3v) is 2.79. The van der Waals surface area contributed by atoms with E-state index in [1.807, 2.05) is 24.4 Å². The van der Waals surface area contributed by atoms with E-state index in [0.29, 0.717) is 6.04 Å². The molecule has 76 valence electrons. The van der Waals surface area contributed by atoms with E-state index in [0.717, 1.165) is 18.6 Å². The molecule has 0 saturated carbocycles. The summed E-state index contributed by atoms with van der Waals surface area (Å²) in [7, 11) is 0. The molecule has 15 heavy (non-hydrogen) atoms. The molecular weight excluding hydrogens is 186 g/mol. The van der Waals surface area contributed by atoms with E-state index in [2.05, 4.69) is 27.8 Å². The van der Waals surface area contributed by atoms with Crippen LogP contribution in [0.15, 0.2) is 36.5 Å². The molecular formula is C12H13N3. The second kappa shape index (κ2) is 3.51. The van der Waals surface area contributed by atoms with Gasteiger partial charge in [-0.2, -0.15) is 0 Å². The van der Waals surface area contributed by atoms with Crippen molar-refractivity contribution in [2.75, 3.05) is 18.4 Å². The van der Waals surface area contributed by atoms with Gasteiger partial charge in [0.05, 0.1) is 11.6 Å². The van der Waals surface area contributed by atoms with Crippen molar-refractivity contribution in [2.24, 2.45) is 0 Å². The van der Waals surface area contributed by atoms with Gasteiger partial charge in [0.25, 0.3) is 0 Å². The van der Waals surface area contributed by atoms with E-state index in [-0.39, 0.29) is 0 Å². The molecule has 1 aromatic heterocycles. The van der Waals surface area contributed by atoms with Crippen LogP contribution in [0, 0.1) is 0 Å². The van der Waals surface area contributed by atoms with E-state index in [4.69, 9.17) is 0 Å². The summed E-state index contributed by atoms with van der Waals surface area (Å²) in [4.78, 5) is 4.34. The van der Waals surface area contributed by atoms with Crippen molar-refractivity contribution in [3.8, 4) is 0 Å². The second-order valence-corrected chi connectivity index (χ2v) is 3.88. The van der Waals surface area contributed by atoms with Crippen LogP contribution in [0.1, 0.15) is 0 Å². The molecule has 1 saturated heterocycles. The fourth-order valence-electron chi connectivity index (χ4n) is 1.84. The summed E-state index contributed by atoms with van der Waals surface area (Å²) in [5, 5.41) is 7.97. The monoisotopic (exact) mass is 199 g/mol. The molecule has 0 radical (unpaired) electrons. The Morgan fingerprint density at radius 1 is 1.20 bits per heavy atom. The molecule has 3 nitrogen and oxygen atoms in total. The molecule has 0 amide bonds. The molecule has 0 spiro atoms. The Labute approximate surface area is 88.5 Å². The summed E-state index contributed by atoms with van der Waals surface area (Å²) in [5.41, 5.74) is 2.24. The minimum Gasteiger partial charge on any atom is -0.379 e. The van der Waals surface area contributed by atoms with Crippen molar-refractivity contribution in [3.05, 3.63) is 36.5 Å². The zero-order valence-corrected chi connectivity index (χ0v) is 8.40. The van der Waals surface area contributed by atoms with Crippen LogP contribution in [0.2, 0.25) is 0 Å². The molecule has 1 aromatic carbocycles. The highest BCUT2D eigenvalue weighted by Crippen LogP contribution is 2.22. The lowest BCUT2D eigenvalue weighted by atomic mass is 10.1. The zero-order chi connectivity index (χ0) is 10.1. The summed E-state index contributed by atoms with van der Waals surface area (Å²) in [6.45, 7) is 2.10. The SMILES string of the molecule is c1cc(NC2CNC2)c2cccnc2c1. The zero-order valence-electron chi connectivity index (χ0n) is 8.40. The number of hydrogen-bond acceptors (Lipinski definition) is 3. The summed E-state index contributed by atoms with van der Waals surface area (Å²) in [5.74, 6) is 0. The van der Waals surface area contributed by atoms with E-state index in [1.165, 1.54) is 11.1 Å². The van der Waals surface area contributed by atoms with Crippen LogP contribution in [0.4, 0.5) is 5.69 Å². The summed E-state index contributed by atoms with van der Waals surface area (Å²) in [6, 6.07) is 10.9. The minimum absolute atomic E-state index is 0.566. The van der Waals surface area contributed by atoms with Gasteiger partial charge in [-0.05, 0) is 24.3 Å². The Morgan fingerprint density at radius 3 is 2.93 bits per heavy atom. The van der Waals surface area contributed by atoms with E-state index >= 15 is 0 Å². The van der Waals surface area contributed by atoms with E-state index in [1.54, 1.807) is 0 Å². The van der Waals surface area contributed by atoms with Crippen LogP contribution in [-0.2, 0) is 0 Å². The first-order chi connectivity index (χ1) is 7.43. The van der Waals surface area contributed by atoms with Gasteiger partial charge in [0.1, 0.15) is 0 Å². The highest BCUT2D eigenvalue weighted by Gasteiger charge is 2.16. The van der Waals surface area contributed by atoms with Crippen LogP contribution >= 0.6 is 0 Å². The predicted molar refractivity (Wildman–Crippen MR) is 62.0 cm³/mol. The second-order valence-electron chi connectivity index (χ2n) is 3.88. The smallest absolute Gasteiger partial charge is 0.0722 e. The summed E-state index contributed by atoms with van der Waals surface area (Å²) in [6.07, 6.45) is 1.83. The third kappa shape index (κ3) is 1.55. The van der Waals surface area contributed by atoms with Gasteiger partial charge in [0.15, 0.2) is 0 Å². The number of pyridine rings is 1. The van der Waals surface area contributed by atoms with Crippen molar-refractivity contribution in [3.63, 3.8) is 0 Å². The van der Waals surface area contributed by atoms with E-state index in [9.17, 15) is 0 Å². The maximum Gasteiger partial charge on any atom is 0.0722 e. The Morgan fingerprint density at radius 2 is 2.13 bits per heavy atom. The molecule has 2 N–H and O–H groups in total. The number of benzene rings is 1. The Balaban J connectivity index is 2.01. The molecule has 0 atom stereocenters. The molecule has 3 heteroatoms. The number of hydrogen-bond donors (Lipinski definition) is 2. The molecule has 1 aliphatic heterocycles. The van der Waals surface area contributed by atoms with Crippen LogP contribution < -0.4 is 10.6 Å². The van der Waals surface area contributed by atoms with Crippen molar-refractivity contribution in [1.29, 1.82) is 0 Å². The molecule has 3 rings (SSSR count). The summed E-state index contributed by atoms with van der Waals surface area (Å²) >= 11 is 0. The molecule has 1 aliphatic rings. The fourth-order valence-corrected chi connectivity index (χ4v) is 1.84. The number of rotatable bonds is 2. The molecule has 0 bridgehead atoms. The summed E-state index contributed by atoms with van der Waals surface area (Å²) < 4.78 is 0. The van der Waals surface area contributed by atoms with Crippen LogP contribution in [0.5, 0.6) is 0 Å². The number of aromatic nitrogens is 1. The minimum atomic E-state index is 0.566. The average molecular weight is 199 g/mol. The number of anilines is 1. The maximum absolute atomic E-state index is 4.34. The van der Waals surface area contributed by atoms with Gasteiger partial charge in [-0.15, -0.1) is 0 Å². The van der Waals surface area contributed by atoms with Crippen molar-refractivity contribution < 1.29 is 0 Å². The third-order valence-electron chi connectivity index (χ3n) is 2.79. The van der Waals surface area contributed by atoms with E-state index < -0.39 is 0 Å². The van der Waals surface area contributed by atoms with Gasteiger partial charge in [0, 0.05) is 30.4 Å². The molecule has 2 heterocycles. The molecule has 1 fully saturated rings. The van der Waals surface area contributed by atoms with Crippen molar-refractivity contribution in [2.45, 2.75) is 6.04 Å². The van der Waals surface area contributed by atoms with Crippen LogP contribution in [0.25, 0.3) is 10.9 Å². The van der Waals surface area contributed by atoms with Crippen LogP contribution in [0.3, 0.4) is 0 Å². The van der Waals surface area contributed by atoms with Gasteiger partial charge in [0.2, 0.25) is 0 Å². The first kappa shape index (κ1) is 8.68. The number of nitrogens with one attached hydrogen (secondary N) is 2. The highest BCUT2D eigenvalue weighted by atomic mass is 15.1. The molecule has 0 aliphatic carbocycles. The number of nitrogens with zero attached hydrogens (tertiary/aromatic N) is 1. The lowest BCUT2D eigenvalue weighted by molar-refractivity contribution is 0.472. The predicted octanol–water partition coefficient (Wildman–Crippen LogP) is 1.62. The van der Waals surface area contributed by atoms with Crippen molar-refractivity contribution >= 4 is 16.6 Å². The highest BCUT2D eigenvalue weighted by molar-refractivity contribution is 5.91. The quantitative estimate of drug-likeness (QED) is 0.771. The Bertz CT molecular complexity index is 472. The Hall–Kier alpha value is -1.61. The van der Waals surface area contributed by atoms with Gasteiger partial charge in [-0.25, -0.2) is 0 Å². The molecule has 2 aromatic rings. The largest absolute Gasteiger partial charge is 0.379 e. The van der Waals surface area contributed by atoms with Gasteiger partial charge >= 0.3 is 0 Å². The number of fused-ring (bicyclic) bond motifs is 1. The van der Waals surface area contributed by atoms with Gasteiger partial charge < -0.3 is 10.6 Å². The fraction of sp³-hybridized carbons (Fsp3) is 0.250. The average Bonchev–Trinajstić information content (AvgIpc) is 2.23. The first-order valence-electron chi connectivity index (χ1n) is 5.24. The first-order valence-corrected chi connectivity index (χ1v) is 5.24. The topological polar surface area (TPSA) is 37.0 Å². The van der Waals surface area contributed by atoms with Gasteiger partial charge in [-0.1, -0.05) is 6.07 Å². The lowest BCUT2D eigenvalue weighted by Crippen LogP contribution is -2.51. The maximum atomic E-state index is 4.34.